The van der Waals surface area contributed by atoms with Gasteiger partial charge in [-0.3, -0.25) is 4.98 Å². The Balaban J connectivity index is 1.67. The molecule has 0 radical (unpaired) electrons. The zero-order valence-electron chi connectivity index (χ0n) is 17.4. The van der Waals surface area contributed by atoms with Crippen molar-refractivity contribution in [3.63, 3.8) is 0 Å². The normalized spacial score (nSPS) is 12.4. The van der Waals surface area contributed by atoms with Gasteiger partial charge in [0.25, 0.3) is 0 Å². The average Bonchev–Trinajstić information content (AvgIpc) is 2.81. The summed E-state index contributed by atoms with van der Waals surface area (Å²) in [6, 6.07) is 23.4. The summed E-state index contributed by atoms with van der Waals surface area (Å²) in [5.74, 6) is -0.314. The Morgan fingerprint density at radius 2 is 1.56 bits per heavy atom. The van der Waals surface area contributed by atoms with Crippen LogP contribution in [0.25, 0.3) is 10.9 Å². The van der Waals surface area contributed by atoms with Gasteiger partial charge in [0, 0.05) is 17.1 Å². The maximum Gasteiger partial charge on any atom is 0.329 e. The molecule has 1 N–H and O–H groups in total. The number of carbonyl (C=O) groups excluding carboxylic acids is 1. The van der Waals surface area contributed by atoms with Gasteiger partial charge < -0.3 is 4.74 Å². The fraction of sp³-hybridized carbons (Fsp3) is 0.120. The smallest absolute Gasteiger partial charge is 0.329 e. The van der Waals surface area contributed by atoms with E-state index in [1.165, 1.54) is 12.1 Å². The molecular formula is C25H22N2O4S. The lowest BCUT2D eigenvalue weighted by atomic mass is 10.1. The Morgan fingerprint density at radius 3 is 2.28 bits per heavy atom. The molecule has 1 atom stereocenters. The number of rotatable bonds is 7. The van der Waals surface area contributed by atoms with Gasteiger partial charge in [0.15, 0.2) is 0 Å². The Hall–Kier alpha value is -3.55. The summed E-state index contributed by atoms with van der Waals surface area (Å²) in [5.41, 5.74) is 2.17. The zero-order chi connectivity index (χ0) is 22.6. The Bertz CT molecular complexity index is 1340. The SMILES string of the molecule is Cc1cnc2ccccc2c1OC(=O)[C@H](Cc1ccccc1)NS(=O)(=O)c1ccccc1. The largest absolute Gasteiger partial charge is 0.424 e. The van der Waals surface area contributed by atoms with Crippen LogP contribution in [0.2, 0.25) is 0 Å². The van der Waals surface area contributed by atoms with Crippen LogP contribution in [0, 0.1) is 6.92 Å². The molecule has 162 valence electrons. The van der Waals surface area contributed by atoms with Crippen LogP contribution in [-0.4, -0.2) is 25.4 Å². The number of nitrogens with zero attached hydrogens (tertiary/aromatic N) is 1. The van der Waals surface area contributed by atoms with Crippen molar-refractivity contribution in [3.05, 3.63) is 102 Å². The number of hydrogen-bond acceptors (Lipinski definition) is 5. The lowest BCUT2D eigenvalue weighted by Gasteiger charge is -2.19. The number of hydrogen-bond donors (Lipinski definition) is 1. The van der Waals surface area contributed by atoms with Crippen molar-refractivity contribution in [2.24, 2.45) is 0 Å². The minimum atomic E-state index is -3.93. The third-order valence-corrected chi connectivity index (χ3v) is 6.51. The zero-order valence-corrected chi connectivity index (χ0v) is 18.2. The fourth-order valence-corrected chi connectivity index (χ4v) is 4.61. The third kappa shape index (κ3) is 4.85. The molecule has 0 amide bonds. The molecule has 0 unspecified atom stereocenters. The number of aryl methyl sites for hydroxylation is 1. The van der Waals surface area contributed by atoms with E-state index in [-0.39, 0.29) is 11.3 Å². The first-order valence-corrected chi connectivity index (χ1v) is 11.6. The molecule has 1 aromatic heterocycles. The van der Waals surface area contributed by atoms with Crippen LogP contribution < -0.4 is 9.46 Å². The Kier molecular flexibility index (Phi) is 6.30. The van der Waals surface area contributed by atoms with E-state index in [2.05, 4.69) is 9.71 Å². The van der Waals surface area contributed by atoms with E-state index in [1.807, 2.05) is 54.6 Å². The van der Waals surface area contributed by atoms with Crippen molar-refractivity contribution in [3.8, 4) is 5.75 Å². The number of esters is 1. The molecule has 0 saturated heterocycles. The van der Waals surface area contributed by atoms with E-state index in [4.69, 9.17) is 4.74 Å². The number of nitrogens with one attached hydrogen (secondary N) is 1. The third-order valence-electron chi connectivity index (χ3n) is 5.02. The topological polar surface area (TPSA) is 85.4 Å². The summed E-state index contributed by atoms with van der Waals surface area (Å²) in [6.07, 6.45) is 1.78. The molecule has 0 spiro atoms. The molecule has 32 heavy (non-hydrogen) atoms. The molecule has 0 bridgehead atoms. The van der Waals surface area contributed by atoms with Gasteiger partial charge in [-0.05, 0) is 43.2 Å². The highest BCUT2D eigenvalue weighted by Gasteiger charge is 2.28. The maximum absolute atomic E-state index is 13.3. The second-order valence-electron chi connectivity index (χ2n) is 7.39. The minimum Gasteiger partial charge on any atom is -0.424 e. The molecule has 1 heterocycles. The van der Waals surface area contributed by atoms with Crippen LogP contribution in [0.5, 0.6) is 5.75 Å². The van der Waals surface area contributed by atoms with Crippen LogP contribution in [0.15, 0.2) is 96.0 Å². The maximum atomic E-state index is 13.3. The van der Waals surface area contributed by atoms with E-state index in [1.54, 1.807) is 31.3 Å². The van der Waals surface area contributed by atoms with Gasteiger partial charge in [0.2, 0.25) is 10.0 Å². The van der Waals surface area contributed by atoms with Crippen molar-refractivity contribution in [2.45, 2.75) is 24.3 Å². The van der Waals surface area contributed by atoms with Crippen molar-refractivity contribution in [1.82, 2.24) is 9.71 Å². The predicted octanol–water partition coefficient (Wildman–Crippen LogP) is 4.04. The summed E-state index contributed by atoms with van der Waals surface area (Å²) in [4.78, 5) is 17.7. The number of aromatic nitrogens is 1. The first-order valence-electron chi connectivity index (χ1n) is 10.1. The lowest BCUT2D eigenvalue weighted by molar-refractivity contribution is -0.136. The number of para-hydroxylation sites is 1. The monoisotopic (exact) mass is 446 g/mol. The number of sulfonamides is 1. The molecule has 0 aliphatic rings. The van der Waals surface area contributed by atoms with Crippen LogP contribution >= 0.6 is 0 Å². The summed E-state index contributed by atoms with van der Waals surface area (Å²) < 4.78 is 34.2. The molecule has 7 heteroatoms. The summed E-state index contributed by atoms with van der Waals surface area (Å²) in [6.45, 7) is 1.79. The van der Waals surface area contributed by atoms with Gasteiger partial charge in [0.1, 0.15) is 11.8 Å². The number of fused-ring (bicyclic) bond motifs is 1. The molecular weight excluding hydrogens is 424 g/mol. The molecule has 0 aliphatic carbocycles. The lowest BCUT2D eigenvalue weighted by Crippen LogP contribution is -2.44. The standard InChI is InChI=1S/C25H22N2O4S/c1-18-17-26-22-15-9-8-14-21(22)24(18)31-25(28)23(16-19-10-4-2-5-11-19)27-32(29,30)20-12-6-3-7-13-20/h2-15,17,23,27H,16H2,1H3/t23-/m0/s1. The van der Waals surface area contributed by atoms with E-state index < -0.39 is 22.0 Å². The first-order chi connectivity index (χ1) is 15.4. The number of carbonyl (C=O) groups is 1. The number of pyridine rings is 1. The molecule has 4 aromatic rings. The second kappa shape index (κ2) is 9.30. The van der Waals surface area contributed by atoms with Crippen LogP contribution in [0.1, 0.15) is 11.1 Å². The number of ether oxygens (including phenoxy) is 1. The van der Waals surface area contributed by atoms with Gasteiger partial charge in [0.05, 0.1) is 10.4 Å². The van der Waals surface area contributed by atoms with Gasteiger partial charge in [-0.25, -0.2) is 13.2 Å². The van der Waals surface area contributed by atoms with Crippen molar-refractivity contribution < 1.29 is 17.9 Å². The second-order valence-corrected chi connectivity index (χ2v) is 9.10. The first kappa shape index (κ1) is 21.7. The van der Waals surface area contributed by atoms with Crippen molar-refractivity contribution in [2.75, 3.05) is 0 Å². The molecule has 0 fully saturated rings. The van der Waals surface area contributed by atoms with Crippen LogP contribution in [-0.2, 0) is 21.2 Å². The van der Waals surface area contributed by atoms with Gasteiger partial charge >= 0.3 is 5.97 Å². The van der Waals surface area contributed by atoms with Crippen LogP contribution in [0.4, 0.5) is 0 Å². The molecule has 4 rings (SSSR count). The highest BCUT2D eigenvalue weighted by molar-refractivity contribution is 7.89. The van der Waals surface area contributed by atoms with Crippen LogP contribution in [0.3, 0.4) is 0 Å². The summed E-state index contributed by atoms with van der Waals surface area (Å²) >= 11 is 0. The summed E-state index contributed by atoms with van der Waals surface area (Å²) in [7, 11) is -3.93. The number of benzene rings is 3. The molecule has 0 aliphatic heterocycles. The fourth-order valence-electron chi connectivity index (χ4n) is 3.40. The van der Waals surface area contributed by atoms with Gasteiger partial charge in [-0.2, -0.15) is 4.72 Å². The van der Waals surface area contributed by atoms with Crippen molar-refractivity contribution in [1.29, 1.82) is 0 Å². The van der Waals surface area contributed by atoms with Gasteiger partial charge in [-0.15, -0.1) is 0 Å². The van der Waals surface area contributed by atoms with E-state index >= 15 is 0 Å². The quantitative estimate of drug-likeness (QED) is 0.433. The average molecular weight is 447 g/mol. The highest BCUT2D eigenvalue weighted by Crippen LogP contribution is 2.28. The highest BCUT2D eigenvalue weighted by atomic mass is 32.2. The Morgan fingerprint density at radius 1 is 0.938 bits per heavy atom. The van der Waals surface area contributed by atoms with Gasteiger partial charge in [-0.1, -0.05) is 60.7 Å². The van der Waals surface area contributed by atoms with E-state index in [0.717, 1.165) is 5.56 Å². The molecule has 3 aromatic carbocycles. The molecule has 0 saturated carbocycles. The van der Waals surface area contributed by atoms with E-state index in [9.17, 15) is 13.2 Å². The van der Waals surface area contributed by atoms with Crippen molar-refractivity contribution >= 4 is 26.9 Å². The predicted molar refractivity (Wildman–Crippen MR) is 123 cm³/mol. The molecule has 6 nitrogen and oxygen atoms in total. The Labute approximate surface area is 186 Å². The minimum absolute atomic E-state index is 0.0800. The summed E-state index contributed by atoms with van der Waals surface area (Å²) in [5, 5.41) is 0.685. The van der Waals surface area contributed by atoms with E-state index in [0.29, 0.717) is 22.2 Å².